The van der Waals surface area contributed by atoms with Crippen LogP contribution in [0.4, 0.5) is 10.1 Å². The Morgan fingerprint density at radius 2 is 2.22 bits per heavy atom. The van der Waals surface area contributed by atoms with Crippen LogP contribution in [0.1, 0.15) is 11.7 Å². The van der Waals surface area contributed by atoms with E-state index < -0.39 is 0 Å². The average molecular weight is 267 g/mol. The maximum atomic E-state index is 13.1. The van der Waals surface area contributed by atoms with Crippen LogP contribution < -0.4 is 11.1 Å². The monoisotopic (exact) mass is 266 g/mol. The summed E-state index contributed by atoms with van der Waals surface area (Å²) in [7, 11) is 0. The Bertz CT molecular complexity index is 521. The molecular formula is C12H12ClFN4. The Hall–Kier alpha value is -1.72. The molecule has 0 aliphatic heterocycles. The van der Waals surface area contributed by atoms with Gasteiger partial charge in [-0.2, -0.15) is 0 Å². The molecule has 0 aliphatic rings. The molecule has 0 radical (unpaired) electrons. The van der Waals surface area contributed by atoms with E-state index >= 15 is 0 Å². The summed E-state index contributed by atoms with van der Waals surface area (Å²) in [5, 5.41) is 3.50. The van der Waals surface area contributed by atoms with Crippen LogP contribution in [0.3, 0.4) is 0 Å². The van der Waals surface area contributed by atoms with Gasteiger partial charge in [0.25, 0.3) is 0 Å². The van der Waals surface area contributed by atoms with Crippen LogP contribution in [0.25, 0.3) is 0 Å². The van der Waals surface area contributed by atoms with E-state index in [9.17, 15) is 4.39 Å². The molecule has 0 saturated carbocycles. The van der Waals surface area contributed by atoms with Gasteiger partial charge in [-0.05, 0) is 24.3 Å². The molecule has 6 heteroatoms. The number of nitrogens with zero attached hydrogens (tertiary/aromatic N) is 2. The number of halogens is 2. The average Bonchev–Trinajstić information content (AvgIpc) is 2.41. The highest BCUT2D eigenvalue weighted by molar-refractivity contribution is 6.33. The van der Waals surface area contributed by atoms with Crippen molar-refractivity contribution in [2.45, 2.75) is 6.04 Å². The minimum absolute atomic E-state index is 0.243. The highest BCUT2D eigenvalue weighted by Crippen LogP contribution is 2.26. The van der Waals surface area contributed by atoms with E-state index in [1.165, 1.54) is 24.5 Å². The predicted octanol–water partition coefficient (Wildman–Crippen LogP) is 2.38. The van der Waals surface area contributed by atoms with Crippen molar-refractivity contribution in [1.82, 2.24) is 9.97 Å². The summed E-state index contributed by atoms with van der Waals surface area (Å²) in [6, 6.07) is 5.62. The zero-order valence-electron chi connectivity index (χ0n) is 9.48. The van der Waals surface area contributed by atoms with Crippen LogP contribution in [0, 0.1) is 5.82 Å². The fraction of sp³-hybridized carbons (Fsp3) is 0.167. The first-order valence-electron chi connectivity index (χ1n) is 5.38. The predicted molar refractivity (Wildman–Crippen MR) is 68.9 cm³/mol. The highest BCUT2D eigenvalue weighted by atomic mass is 35.5. The lowest BCUT2D eigenvalue weighted by Gasteiger charge is -2.18. The third-order valence-corrected chi connectivity index (χ3v) is 2.79. The minimum atomic E-state index is -0.361. The third-order valence-electron chi connectivity index (χ3n) is 2.46. The summed E-state index contributed by atoms with van der Waals surface area (Å²) in [6.07, 6.45) is 3.06. The van der Waals surface area contributed by atoms with E-state index in [0.717, 1.165) is 5.69 Å². The lowest BCUT2D eigenvalue weighted by molar-refractivity contribution is 0.627. The fourth-order valence-electron chi connectivity index (χ4n) is 1.56. The van der Waals surface area contributed by atoms with Gasteiger partial charge in [0.15, 0.2) is 0 Å². The number of benzene rings is 1. The van der Waals surface area contributed by atoms with Gasteiger partial charge in [0.05, 0.1) is 22.4 Å². The quantitative estimate of drug-likeness (QED) is 0.892. The van der Waals surface area contributed by atoms with Gasteiger partial charge in [0, 0.05) is 12.7 Å². The number of nitrogens with one attached hydrogen (secondary N) is 1. The van der Waals surface area contributed by atoms with E-state index in [4.69, 9.17) is 17.3 Å². The molecule has 1 aromatic carbocycles. The first-order valence-corrected chi connectivity index (χ1v) is 5.76. The van der Waals surface area contributed by atoms with E-state index in [-0.39, 0.29) is 11.9 Å². The summed E-state index contributed by atoms with van der Waals surface area (Å²) in [5.41, 5.74) is 6.90. The van der Waals surface area contributed by atoms with Crippen LogP contribution in [-0.4, -0.2) is 16.5 Å². The SMILES string of the molecule is NCC(Nc1cc(F)ccc1Cl)c1ccncn1. The molecule has 3 N–H and O–H groups in total. The number of aromatic nitrogens is 2. The summed E-state index contributed by atoms with van der Waals surface area (Å²) < 4.78 is 13.1. The largest absolute Gasteiger partial charge is 0.374 e. The molecule has 0 bridgehead atoms. The Balaban J connectivity index is 2.23. The van der Waals surface area contributed by atoms with Gasteiger partial charge in [-0.3, -0.25) is 0 Å². The molecule has 18 heavy (non-hydrogen) atoms. The van der Waals surface area contributed by atoms with Crippen LogP contribution in [0.2, 0.25) is 5.02 Å². The molecule has 1 atom stereocenters. The highest BCUT2D eigenvalue weighted by Gasteiger charge is 2.12. The van der Waals surface area contributed by atoms with E-state index in [2.05, 4.69) is 15.3 Å². The Morgan fingerprint density at radius 3 is 2.89 bits per heavy atom. The molecule has 1 heterocycles. The standard InChI is InChI=1S/C12H12ClFN4/c13-9-2-1-8(14)5-11(9)18-12(6-15)10-3-4-16-7-17-10/h1-5,7,12,18H,6,15H2. The second-order valence-corrected chi connectivity index (χ2v) is 4.10. The summed E-state index contributed by atoms with van der Waals surface area (Å²) in [4.78, 5) is 7.94. The molecule has 1 aromatic heterocycles. The first kappa shape index (κ1) is 12.7. The normalized spacial score (nSPS) is 12.2. The van der Waals surface area contributed by atoms with E-state index in [0.29, 0.717) is 17.3 Å². The second-order valence-electron chi connectivity index (χ2n) is 3.69. The molecule has 4 nitrogen and oxygen atoms in total. The van der Waals surface area contributed by atoms with Crippen LogP contribution in [-0.2, 0) is 0 Å². The van der Waals surface area contributed by atoms with Crippen LogP contribution >= 0.6 is 11.6 Å². The topological polar surface area (TPSA) is 63.8 Å². The summed E-state index contributed by atoms with van der Waals surface area (Å²) in [5.74, 6) is -0.361. The maximum absolute atomic E-state index is 13.1. The number of rotatable bonds is 4. The van der Waals surface area contributed by atoms with Crippen molar-refractivity contribution < 1.29 is 4.39 Å². The van der Waals surface area contributed by atoms with Gasteiger partial charge < -0.3 is 11.1 Å². The molecule has 0 spiro atoms. The van der Waals surface area contributed by atoms with Gasteiger partial charge in [-0.25, -0.2) is 14.4 Å². The zero-order valence-corrected chi connectivity index (χ0v) is 10.2. The van der Waals surface area contributed by atoms with Gasteiger partial charge in [-0.1, -0.05) is 11.6 Å². The Kier molecular flexibility index (Phi) is 4.07. The Labute approximate surface area is 109 Å². The van der Waals surface area contributed by atoms with Gasteiger partial charge in [0.1, 0.15) is 12.1 Å². The fourth-order valence-corrected chi connectivity index (χ4v) is 1.73. The van der Waals surface area contributed by atoms with Gasteiger partial charge >= 0.3 is 0 Å². The van der Waals surface area contributed by atoms with E-state index in [1.807, 2.05) is 0 Å². The molecule has 2 rings (SSSR count). The number of nitrogens with two attached hydrogens (primary N) is 1. The van der Waals surface area contributed by atoms with Crippen molar-refractivity contribution in [3.8, 4) is 0 Å². The molecule has 2 aromatic rings. The van der Waals surface area contributed by atoms with Crippen molar-refractivity contribution in [1.29, 1.82) is 0 Å². The number of hydrogen-bond donors (Lipinski definition) is 2. The molecule has 94 valence electrons. The van der Waals surface area contributed by atoms with Gasteiger partial charge in [-0.15, -0.1) is 0 Å². The molecular weight excluding hydrogens is 255 g/mol. The molecule has 0 saturated heterocycles. The molecule has 0 amide bonds. The van der Waals surface area contributed by atoms with Crippen LogP contribution in [0.5, 0.6) is 0 Å². The van der Waals surface area contributed by atoms with Crippen molar-refractivity contribution >= 4 is 17.3 Å². The minimum Gasteiger partial charge on any atom is -0.374 e. The summed E-state index contributed by atoms with van der Waals surface area (Å²) >= 11 is 5.98. The van der Waals surface area contributed by atoms with Crippen LogP contribution in [0.15, 0.2) is 36.8 Å². The lowest BCUT2D eigenvalue weighted by atomic mass is 10.2. The molecule has 1 unspecified atom stereocenters. The third kappa shape index (κ3) is 2.94. The van der Waals surface area contributed by atoms with Crippen molar-refractivity contribution in [2.24, 2.45) is 5.73 Å². The lowest BCUT2D eigenvalue weighted by Crippen LogP contribution is -2.21. The number of hydrogen-bond acceptors (Lipinski definition) is 4. The van der Waals surface area contributed by atoms with Crippen molar-refractivity contribution in [2.75, 3.05) is 11.9 Å². The van der Waals surface area contributed by atoms with Gasteiger partial charge in [0.2, 0.25) is 0 Å². The number of anilines is 1. The van der Waals surface area contributed by atoms with Crippen molar-refractivity contribution in [3.63, 3.8) is 0 Å². The second kappa shape index (κ2) is 5.75. The first-order chi connectivity index (χ1) is 8.70. The Morgan fingerprint density at radius 1 is 1.39 bits per heavy atom. The molecule has 0 fully saturated rings. The van der Waals surface area contributed by atoms with Crippen molar-refractivity contribution in [3.05, 3.63) is 53.3 Å². The smallest absolute Gasteiger partial charge is 0.125 e. The van der Waals surface area contributed by atoms with E-state index in [1.54, 1.807) is 12.3 Å². The maximum Gasteiger partial charge on any atom is 0.125 e. The molecule has 0 aliphatic carbocycles. The summed E-state index contributed by atoms with van der Waals surface area (Å²) in [6.45, 7) is 0.309. The zero-order chi connectivity index (χ0) is 13.0.